The number of hydrogen-bond donors (Lipinski definition) is 0. The smallest absolute Gasteiger partial charge is 0.258 e. The van der Waals surface area contributed by atoms with Gasteiger partial charge < -0.3 is 0 Å². The highest BCUT2D eigenvalue weighted by atomic mass is 19.1. The van der Waals surface area contributed by atoms with E-state index in [2.05, 4.69) is 4.98 Å². The Balaban J connectivity index is 2.48. The molecule has 0 aliphatic heterocycles. The molecule has 0 unspecified atom stereocenters. The summed E-state index contributed by atoms with van der Waals surface area (Å²) in [4.78, 5) is 13.7. The van der Waals surface area contributed by atoms with E-state index >= 15 is 0 Å². The molecule has 1 aromatic heterocycles. The molecule has 0 aliphatic carbocycles. The van der Waals surface area contributed by atoms with Crippen LogP contribution in [0.2, 0.25) is 0 Å². The van der Waals surface area contributed by atoms with E-state index in [1.165, 1.54) is 24.3 Å². The third-order valence-corrected chi connectivity index (χ3v) is 2.07. The van der Waals surface area contributed by atoms with Crippen LogP contribution in [-0.4, -0.2) is 9.91 Å². The molecule has 0 N–H and O–H groups in total. The topological polar surface area (TPSA) is 56.0 Å². The van der Waals surface area contributed by atoms with Gasteiger partial charge in [-0.25, -0.2) is 4.98 Å². The fourth-order valence-electron chi connectivity index (χ4n) is 1.35. The number of halogens is 1. The molecule has 16 heavy (non-hydrogen) atoms. The summed E-state index contributed by atoms with van der Waals surface area (Å²) >= 11 is 0. The van der Waals surface area contributed by atoms with Crippen LogP contribution in [0.15, 0.2) is 42.5 Å². The van der Waals surface area contributed by atoms with Crippen LogP contribution in [0.1, 0.15) is 0 Å². The normalized spacial score (nSPS) is 10.1. The van der Waals surface area contributed by atoms with E-state index in [1.807, 2.05) is 0 Å². The van der Waals surface area contributed by atoms with Crippen LogP contribution < -0.4 is 0 Å². The van der Waals surface area contributed by atoms with Gasteiger partial charge in [-0.3, -0.25) is 10.1 Å². The largest absolute Gasteiger partial charge is 0.270 e. The van der Waals surface area contributed by atoms with E-state index in [1.54, 1.807) is 18.2 Å². The average molecular weight is 218 g/mol. The first kappa shape index (κ1) is 10.2. The van der Waals surface area contributed by atoms with Crippen molar-refractivity contribution in [2.24, 2.45) is 0 Å². The van der Waals surface area contributed by atoms with E-state index in [4.69, 9.17) is 0 Å². The molecule has 80 valence electrons. The summed E-state index contributed by atoms with van der Waals surface area (Å²) in [5.41, 5.74) is 0.862. The lowest BCUT2D eigenvalue weighted by Gasteiger charge is -2.00. The van der Waals surface area contributed by atoms with Crippen LogP contribution in [-0.2, 0) is 0 Å². The minimum Gasteiger partial charge on any atom is -0.258 e. The van der Waals surface area contributed by atoms with Gasteiger partial charge in [0, 0.05) is 17.7 Å². The second-order valence-corrected chi connectivity index (χ2v) is 3.15. The minimum absolute atomic E-state index is 0.0384. The summed E-state index contributed by atoms with van der Waals surface area (Å²) in [7, 11) is 0. The monoisotopic (exact) mass is 218 g/mol. The highest BCUT2D eigenvalue weighted by molar-refractivity contribution is 5.62. The Morgan fingerprint density at radius 1 is 1.19 bits per heavy atom. The van der Waals surface area contributed by atoms with Crippen molar-refractivity contribution in [3.63, 3.8) is 0 Å². The molecule has 2 rings (SSSR count). The van der Waals surface area contributed by atoms with E-state index in [-0.39, 0.29) is 5.69 Å². The molecule has 0 amide bonds. The predicted molar refractivity (Wildman–Crippen MR) is 56.3 cm³/mol. The number of pyridine rings is 1. The summed E-state index contributed by atoms with van der Waals surface area (Å²) in [6, 6.07) is 10.3. The second-order valence-electron chi connectivity index (χ2n) is 3.15. The molecule has 0 saturated heterocycles. The van der Waals surface area contributed by atoms with Gasteiger partial charge in [-0.15, -0.1) is 0 Å². The standard InChI is InChI=1S/C11H7FN2O2/c12-11-6-2-5-10(13-11)8-3-1-4-9(7-8)14(15)16/h1-7H. The summed E-state index contributed by atoms with van der Waals surface area (Å²) < 4.78 is 12.9. The maximum Gasteiger partial charge on any atom is 0.270 e. The first-order valence-electron chi connectivity index (χ1n) is 4.54. The van der Waals surface area contributed by atoms with Crippen molar-refractivity contribution >= 4 is 5.69 Å². The van der Waals surface area contributed by atoms with Crippen molar-refractivity contribution < 1.29 is 9.31 Å². The number of benzene rings is 1. The fourth-order valence-corrected chi connectivity index (χ4v) is 1.35. The van der Waals surface area contributed by atoms with E-state index in [9.17, 15) is 14.5 Å². The van der Waals surface area contributed by atoms with Gasteiger partial charge in [-0.1, -0.05) is 18.2 Å². The SMILES string of the molecule is O=[N+]([O-])c1cccc(-c2cccc(F)n2)c1. The molecule has 0 bridgehead atoms. The van der Waals surface area contributed by atoms with Crippen molar-refractivity contribution in [2.75, 3.05) is 0 Å². The van der Waals surface area contributed by atoms with Gasteiger partial charge in [-0.05, 0) is 12.1 Å². The Morgan fingerprint density at radius 2 is 1.94 bits per heavy atom. The number of aromatic nitrogens is 1. The lowest BCUT2D eigenvalue weighted by Crippen LogP contribution is -1.90. The lowest BCUT2D eigenvalue weighted by atomic mass is 10.1. The number of rotatable bonds is 2. The molecule has 1 heterocycles. The number of nitro benzene ring substituents is 1. The zero-order valence-corrected chi connectivity index (χ0v) is 8.13. The predicted octanol–water partition coefficient (Wildman–Crippen LogP) is 2.80. The van der Waals surface area contributed by atoms with Crippen LogP contribution in [0, 0.1) is 16.1 Å². The summed E-state index contributed by atoms with van der Waals surface area (Å²) in [5, 5.41) is 10.6. The van der Waals surface area contributed by atoms with E-state index < -0.39 is 10.9 Å². The first-order chi connectivity index (χ1) is 7.66. The van der Waals surface area contributed by atoms with Crippen molar-refractivity contribution in [3.05, 3.63) is 58.5 Å². The second kappa shape index (κ2) is 4.06. The molecule has 0 saturated carbocycles. The Hall–Kier alpha value is -2.30. The summed E-state index contributed by atoms with van der Waals surface area (Å²) in [5.74, 6) is -0.607. The third kappa shape index (κ3) is 2.03. The first-order valence-corrected chi connectivity index (χ1v) is 4.54. The number of hydrogen-bond acceptors (Lipinski definition) is 3. The molecule has 1 aromatic carbocycles. The summed E-state index contributed by atoms with van der Waals surface area (Å²) in [6.07, 6.45) is 0. The highest BCUT2D eigenvalue weighted by Gasteiger charge is 2.07. The van der Waals surface area contributed by atoms with Crippen LogP contribution in [0.4, 0.5) is 10.1 Å². The summed E-state index contributed by atoms with van der Waals surface area (Å²) in [6.45, 7) is 0. The molecule has 0 aliphatic rings. The molecule has 5 heteroatoms. The van der Waals surface area contributed by atoms with Gasteiger partial charge in [0.05, 0.1) is 10.6 Å². The van der Waals surface area contributed by atoms with Crippen LogP contribution >= 0.6 is 0 Å². The van der Waals surface area contributed by atoms with Crippen molar-refractivity contribution in [2.45, 2.75) is 0 Å². The molecular weight excluding hydrogens is 211 g/mol. The zero-order valence-electron chi connectivity index (χ0n) is 8.13. The van der Waals surface area contributed by atoms with Crippen LogP contribution in [0.5, 0.6) is 0 Å². The van der Waals surface area contributed by atoms with Crippen LogP contribution in [0.3, 0.4) is 0 Å². The zero-order chi connectivity index (χ0) is 11.5. The molecular formula is C11H7FN2O2. The van der Waals surface area contributed by atoms with Gasteiger partial charge in [0.2, 0.25) is 5.95 Å². The Bertz CT molecular complexity index is 543. The Labute approximate surface area is 90.5 Å². The average Bonchev–Trinajstić information content (AvgIpc) is 2.29. The number of non-ortho nitro benzene ring substituents is 1. The molecule has 0 atom stereocenters. The maximum absolute atomic E-state index is 12.9. The fraction of sp³-hybridized carbons (Fsp3) is 0. The Kier molecular flexibility index (Phi) is 2.59. The molecule has 2 aromatic rings. The quantitative estimate of drug-likeness (QED) is 0.442. The van der Waals surface area contributed by atoms with Crippen molar-refractivity contribution in [1.29, 1.82) is 0 Å². The molecule has 4 nitrogen and oxygen atoms in total. The maximum atomic E-state index is 12.9. The van der Waals surface area contributed by atoms with Crippen molar-refractivity contribution in [1.82, 2.24) is 4.98 Å². The van der Waals surface area contributed by atoms with Crippen molar-refractivity contribution in [3.8, 4) is 11.3 Å². The highest BCUT2D eigenvalue weighted by Crippen LogP contribution is 2.21. The van der Waals surface area contributed by atoms with E-state index in [0.29, 0.717) is 11.3 Å². The van der Waals surface area contributed by atoms with Gasteiger partial charge in [0.25, 0.3) is 5.69 Å². The molecule has 0 radical (unpaired) electrons. The van der Waals surface area contributed by atoms with Gasteiger partial charge in [-0.2, -0.15) is 4.39 Å². The number of nitro groups is 1. The number of nitrogens with zero attached hydrogens (tertiary/aromatic N) is 2. The minimum atomic E-state index is -0.607. The van der Waals surface area contributed by atoms with Gasteiger partial charge in [0.15, 0.2) is 0 Å². The lowest BCUT2D eigenvalue weighted by molar-refractivity contribution is -0.384. The van der Waals surface area contributed by atoms with Gasteiger partial charge >= 0.3 is 0 Å². The van der Waals surface area contributed by atoms with E-state index in [0.717, 1.165) is 0 Å². The van der Waals surface area contributed by atoms with Gasteiger partial charge in [0.1, 0.15) is 0 Å². The van der Waals surface area contributed by atoms with Crippen LogP contribution in [0.25, 0.3) is 11.3 Å². The molecule has 0 fully saturated rings. The Morgan fingerprint density at radius 3 is 2.62 bits per heavy atom. The third-order valence-electron chi connectivity index (χ3n) is 2.07. The molecule has 0 spiro atoms.